The highest BCUT2D eigenvalue weighted by atomic mass is 16.4. The van der Waals surface area contributed by atoms with Crippen molar-refractivity contribution in [2.24, 2.45) is 34.0 Å². The summed E-state index contributed by atoms with van der Waals surface area (Å²) in [6.45, 7) is 4.67. The molecule has 128 valence electrons. The molecule has 3 fully saturated rings. The first-order chi connectivity index (χ1) is 10.9. The highest BCUT2D eigenvalue weighted by Crippen LogP contribution is 2.70. The zero-order valence-electron chi connectivity index (χ0n) is 14.5. The maximum Gasteiger partial charge on any atom is 0.309 e. The minimum Gasteiger partial charge on any atom is -0.481 e. The van der Waals surface area contributed by atoms with Crippen molar-refractivity contribution in [3.05, 3.63) is 11.6 Å². The predicted molar refractivity (Wildman–Crippen MR) is 88.9 cm³/mol. The molecule has 4 rings (SSSR count). The molecular weight excluding hydrogens is 288 g/mol. The predicted octanol–water partition coefficient (Wildman–Crippen LogP) is 4.01. The lowest BCUT2D eigenvalue weighted by Gasteiger charge is -2.60. The molecule has 3 heteroatoms. The third-order valence-corrected chi connectivity index (χ3v) is 8.35. The van der Waals surface area contributed by atoms with Crippen molar-refractivity contribution < 1.29 is 15.0 Å². The number of allylic oxidation sites excluding steroid dienone is 2. The Hall–Kier alpha value is -0.830. The van der Waals surface area contributed by atoms with E-state index in [1.807, 2.05) is 6.92 Å². The summed E-state index contributed by atoms with van der Waals surface area (Å²) < 4.78 is 0. The Balaban J connectivity index is 1.75. The second-order valence-electron chi connectivity index (χ2n) is 9.33. The molecule has 0 unspecified atom stereocenters. The molecule has 1 spiro atoms. The van der Waals surface area contributed by atoms with Gasteiger partial charge in [0.15, 0.2) is 0 Å². The van der Waals surface area contributed by atoms with E-state index in [1.54, 1.807) is 5.57 Å². The van der Waals surface area contributed by atoms with Crippen LogP contribution in [0.2, 0.25) is 0 Å². The van der Waals surface area contributed by atoms with Gasteiger partial charge in [-0.25, -0.2) is 0 Å². The lowest BCUT2D eigenvalue weighted by molar-refractivity contribution is -0.161. The second kappa shape index (κ2) is 4.84. The molecular formula is C20H30O3. The molecule has 0 aromatic carbocycles. The maximum atomic E-state index is 12.0. The van der Waals surface area contributed by atoms with Crippen LogP contribution in [0, 0.1) is 34.0 Å². The van der Waals surface area contributed by atoms with E-state index in [1.165, 1.54) is 6.42 Å². The number of hydrogen-bond acceptors (Lipinski definition) is 2. The fourth-order valence-corrected chi connectivity index (χ4v) is 7.30. The van der Waals surface area contributed by atoms with Crippen molar-refractivity contribution in [3.8, 4) is 0 Å². The third-order valence-electron chi connectivity index (χ3n) is 8.35. The molecule has 0 heterocycles. The molecule has 3 nitrogen and oxygen atoms in total. The second-order valence-corrected chi connectivity index (χ2v) is 9.33. The smallest absolute Gasteiger partial charge is 0.309 e. The molecule has 0 aliphatic heterocycles. The molecule has 0 amide bonds. The highest BCUT2D eigenvalue weighted by Gasteiger charge is 2.63. The molecule has 0 radical (unpaired) electrons. The lowest BCUT2D eigenvalue weighted by Crippen LogP contribution is -2.54. The van der Waals surface area contributed by atoms with Gasteiger partial charge in [0.2, 0.25) is 0 Å². The van der Waals surface area contributed by atoms with E-state index in [-0.39, 0.29) is 16.7 Å². The van der Waals surface area contributed by atoms with Crippen LogP contribution in [0.5, 0.6) is 0 Å². The minimum absolute atomic E-state index is 0.0545. The number of carboxylic acid groups (broad SMARTS) is 1. The molecule has 4 aliphatic rings. The first-order valence-electron chi connectivity index (χ1n) is 9.41. The number of aliphatic hydroxyl groups is 1. The van der Waals surface area contributed by atoms with Gasteiger partial charge in [-0.05, 0) is 80.5 Å². The quantitative estimate of drug-likeness (QED) is 0.756. The third kappa shape index (κ3) is 1.89. The van der Waals surface area contributed by atoms with Gasteiger partial charge in [-0.1, -0.05) is 25.0 Å². The maximum absolute atomic E-state index is 12.0. The fourth-order valence-electron chi connectivity index (χ4n) is 7.30. The van der Waals surface area contributed by atoms with E-state index < -0.39 is 11.4 Å². The van der Waals surface area contributed by atoms with E-state index in [4.69, 9.17) is 0 Å². The molecule has 0 saturated heterocycles. The molecule has 2 bridgehead atoms. The van der Waals surface area contributed by atoms with Gasteiger partial charge in [0, 0.05) is 6.61 Å². The fraction of sp³-hybridized carbons (Fsp3) is 0.850. The summed E-state index contributed by atoms with van der Waals surface area (Å²) >= 11 is 0. The average Bonchev–Trinajstić information content (AvgIpc) is 2.77. The Labute approximate surface area is 139 Å². The number of hydrogen-bond donors (Lipinski definition) is 2. The summed E-state index contributed by atoms with van der Waals surface area (Å²) in [5.41, 5.74) is 1.35. The van der Waals surface area contributed by atoms with Crippen molar-refractivity contribution >= 4 is 5.97 Å². The van der Waals surface area contributed by atoms with Crippen molar-refractivity contribution in [1.82, 2.24) is 0 Å². The Morgan fingerprint density at radius 3 is 2.74 bits per heavy atom. The van der Waals surface area contributed by atoms with Gasteiger partial charge < -0.3 is 10.2 Å². The SMILES string of the molecule is C[C@@]1(C(=O)O)CCC[C@@]2(C)C3=CC[C@H]4C[C@]3(CC[C@@H]12)C[C@H]4CO. The summed E-state index contributed by atoms with van der Waals surface area (Å²) in [7, 11) is 0. The first-order valence-corrected chi connectivity index (χ1v) is 9.41. The zero-order chi connectivity index (χ0) is 16.5. The number of aliphatic carboxylic acids is 1. The van der Waals surface area contributed by atoms with Gasteiger partial charge >= 0.3 is 5.97 Å². The molecule has 3 saturated carbocycles. The van der Waals surface area contributed by atoms with Gasteiger partial charge in [-0.3, -0.25) is 4.79 Å². The van der Waals surface area contributed by atoms with Crippen molar-refractivity contribution in [2.45, 2.75) is 65.2 Å². The Bertz CT molecular complexity index is 567. The van der Waals surface area contributed by atoms with Crippen molar-refractivity contribution in [3.63, 3.8) is 0 Å². The van der Waals surface area contributed by atoms with E-state index >= 15 is 0 Å². The molecule has 6 atom stereocenters. The topological polar surface area (TPSA) is 57.5 Å². The summed E-state index contributed by atoms with van der Waals surface area (Å²) in [6, 6.07) is 0. The zero-order valence-corrected chi connectivity index (χ0v) is 14.5. The van der Waals surface area contributed by atoms with E-state index in [0.29, 0.717) is 18.4 Å². The standard InChI is InChI=1S/C20H30O3/c1-18-7-3-8-19(2,17(22)23)15(18)6-9-20-10-13(4-5-16(18)20)14(11-20)12-21/h5,13-15,21H,3-4,6-12H2,1-2H3,(H,22,23)/t13-,14-,15+,18+,19+,20+/m0/s1. The monoisotopic (exact) mass is 318 g/mol. The van der Waals surface area contributed by atoms with Gasteiger partial charge in [0.05, 0.1) is 5.41 Å². The number of rotatable bonds is 2. The van der Waals surface area contributed by atoms with Crippen molar-refractivity contribution in [2.75, 3.05) is 6.61 Å². The van der Waals surface area contributed by atoms with Crippen LogP contribution in [0.15, 0.2) is 11.6 Å². The highest BCUT2D eigenvalue weighted by molar-refractivity contribution is 5.75. The van der Waals surface area contributed by atoms with Crippen LogP contribution in [0.4, 0.5) is 0 Å². The van der Waals surface area contributed by atoms with Gasteiger partial charge in [-0.2, -0.15) is 0 Å². The molecule has 23 heavy (non-hydrogen) atoms. The number of aliphatic hydroxyl groups excluding tert-OH is 1. The van der Waals surface area contributed by atoms with Gasteiger partial charge in [-0.15, -0.1) is 0 Å². The molecule has 2 N–H and O–H groups in total. The Morgan fingerprint density at radius 2 is 2.04 bits per heavy atom. The summed E-state index contributed by atoms with van der Waals surface area (Å²) in [4.78, 5) is 12.0. The summed E-state index contributed by atoms with van der Waals surface area (Å²) in [6.07, 6.45) is 11.1. The first kappa shape index (κ1) is 15.7. The Morgan fingerprint density at radius 1 is 1.26 bits per heavy atom. The van der Waals surface area contributed by atoms with Crippen LogP contribution in [0.3, 0.4) is 0 Å². The van der Waals surface area contributed by atoms with Crippen LogP contribution in [-0.2, 0) is 4.79 Å². The number of carboxylic acids is 1. The largest absolute Gasteiger partial charge is 0.481 e. The molecule has 4 aliphatic carbocycles. The van der Waals surface area contributed by atoms with Gasteiger partial charge in [0.1, 0.15) is 0 Å². The number of fused-ring (bicyclic) bond motifs is 3. The Kier molecular flexibility index (Phi) is 3.30. The van der Waals surface area contributed by atoms with Crippen molar-refractivity contribution in [1.29, 1.82) is 0 Å². The van der Waals surface area contributed by atoms with Crippen LogP contribution in [0.1, 0.15) is 65.2 Å². The van der Waals surface area contributed by atoms with E-state index in [2.05, 4.69) is 13.0 Å². The van der Waals surface area contributed by atoms with E-state index in [9.17, 15) is 15.0 Å². The normalized spacial score (nSPS) is 51.6. The summed E-state index contributed by atoms with van der Waals surface area (Å²) in [5.74, 6) is 0.776. The van der Waals surface area contributed by atoms with E-state index in [0.717, 1.165) is 44.9 Å². The van der Waals surface area contributed by atoms with Gasteiger partial charge in [0.25, 0.3) is 0 Å². The average molecular weight is 318 g/mol. The molecule has 0 aromatic heterocycles. The van der Waals surface area contributed by atoms with Crippen LogP contribution in [-0.4, -0.2) is 22.8 Å². The summed E-state index contributed by atoms with van der Waals surface area (Å²) in [5, 5.41) is 19.7. The minimum atomic E-state index is -0.599. The lowest BCUT2D eigenvalue weighted by atomic mass is 9.44. The van der Waals surface area contributed by atoms with Crippen LogP contribution in [0.25, 0.3) is 0 Å². The van der Waals surface area contributed by atoms with Crippen LogP contribution >= 0.6 is 0 Å². The van der Waals surface area contributed by atoms with Crippen LogP contribution < -0.4 is 0 Å². The number of carbonyl (C=O) groups is 1. The molecule has 0 aromatic rings.